The van der Waals surface area contributed by atoms with Crippen molar-refractivity contribution >= 4 is 11.6 Å². The lowest BCUT2D eigenvalue weighted by atomic mass is 9.94. The predicted octanol–water partition coefficient (Wildman–Crippen LogP) is 6.63. The minimum absolute atomic E-state index is 0.172. The van der Waals surface area contributed by atoms with Crippen molar-refractivity contribution in [3.05, 3.63) is 106 Å². The normalized spacial score (nSPS) is 10.4. The van der Waals surface area contributed by atoms with E-state index in [-0.39, 0.29) is 13.2 Å². The summed E-state index contributed by atoms with van der Waals surface area (Å²) in [5, 5.41) is 38.4. The van der Waals surface area contributed by atoms with Crippen LogP contribution >= 0.6 is 11.6 Å². The van der Waals surface area contributed by atoms with Crippen LogP contribution in [0.4, 0.5) is 0 Å². The Morgan fingerprint density at radius 2 is 1.39 bits per heavy atom. The molecule has 0 aromatic heterocycles. The van der Waals surface area contributed by atoms with Crippen molar-refractivity contribution < 1.29 is 19.7 Å². The summed E-state index contributed by atoms with van der Waals surface area (Å²) in [5.41, 5.74) is 4.38. The molecule has 6 nitrogen and oxygen atoms in total. The van der Waals surface area contributed by atoms with E-state index in [1.807, 2.05) is 13.0 Å². The van der Waals surface area contributed by atoms with E-state index in [0.717, 1.165) is 5.56 Å². The topological polar surface area (TPSA) is 107 Å². The average molecular weight is 497 g/mol. The van der Waals surface area contributed by atoms with Crippen LogP contribution in [0.15, 0.2) is 72.8 Å². The highest BCUT2D eigenvalue weighted by Crippen LogP contribution is 2.40. The van der Waals surface area contributed by atoms with Crippen molar-refractivity contribution in [2.24, 2.45) is 0 Å². The van der Waals surface area contributed by atoms with E-state index < -0.39 is 0 Å². The molecule has 0 atom stereocenters. The highest BCUT2D eigenvalue weighted by atomic mass is 35.5. The lowest BCUT2D eigenvalue weighted by Crippen LogP contribution is -1.99. The second kappa shape index (κ2) is 10.9. The van der Waals surface area contributed by atoms with E-state index >= 15 is 0 Å². The number of aliphatic hydroxyl groups excluding tert-OH is 2. The van der Waals surface area contributed by atoms with E-state index in [4.69, 9.17) is 31.6 Å². The fourth-order valence-corrected chi connectivity index (χ4v) is 3.99. The second-order valence-corrected chi connectivity index (χ2v) is 8.42. The van der Waals surface area contributed by atoms with Gasteiger partial charge in [0, 0.05) is 5.56 Å². The summed E-state index contributed by atoms with van der Waals surface area (Å²) >= 11 is 6.31. The molecule has 0 bridgehead atoms. The molecule has 4 rings (SSSR count). The molecule has 0 saturated carbocycles. The van der Waals surface area contributed by atoms with Crippen LogP contribution in [-0.4, -0.2) is 10.2 Å². The molecule has 0 unspecified atom stereocenters. The largest absolute Gasteiger partial charge is 0.457 e. The first-order valence-electron chi connectivity index (χ1n) is 11.0. The van der Waals surface area contributed by atoms with E-state index in [1.54, 1.807) is 66.7 Å². The quantitative estimate of drug-likeness (QED) is 0.297. The molecule has 178 valence electrons. The molecule has 0 spiro atoms. The van der Waals surface area contributed by atoms with Gasteiger partial charge in [-0.25, -0.2) is 0 Å². The summed E-state index contributed by atoms with van der Waals surface area (Å²) in [7, 11) is 0. The Hall–Kier alpha value is -4.33. The molecule has 2 N–H and O–H groups in total. The van der Waals surface area contributed by atoms with Crippen molar-refractivity contribution in [3.63, 3.8) is 0 Å². The van der Waals surface area contributed by atoms with Gasteiger partial charge in [-0.1, -0.05) is 17.7 Å². The molecule has 0 aliphatic rings. The van der Waals surface area contributed by atoms with Gasteiger partial charge in [0.05, 0.1) is 41.5 Å². The maximum Gasteiger partial charge on any atom is 0.146 e. The SMILES string of the molecule is Cc1cc(Oc2ccc(C#N)cc2Cl)cc(-c2cc(CO)ccc2Oc2ccc(C#N)cc2)c1CO. The van der Waals surface area contributed by atoms with Gasteiger partial charge < -0.3 is 19.7 Å². The van der Waals surface area contributed by atoms with Crippen LogP contribution in [0.1, 0.15) is 27.8 Å². The number of hydrogen-bond acceptors (Lipinski definition) is 6. The maximum absolute atomic E-state index is 10.2. The number of nitrogens with zero attached hydrogens (tertiary/aromatic N) is 2. The number of aliphatic hydroxyl groups is 2. The number of hydrogen-bond donors (Lipinski definition) is 2. The zero-order valence-corrected chi connectivity index (χ0v) is 20.1. The Morgan fingerprint density at radius 1 is 0.722 bits per heavy atom. The molecule has 0 heterocycles. The van der Waals surface area contributed by atoms with Crippen molar-refractivity contribution in [2.45, 2.75) is 20.1 Å². The van der Waals surface area contributed by atoms with E-state index in [9.17, 15) is 10.2 Å². The average Bonchev–Trinajstić information content (AvgIpc) is 2.90. The third-order valence-electron chi connectivity index (χ3n) is 5.62. The summed E-state index contributed by atoms with van der Waals surface area (Å²) in [5.74, 6) is 1.89. The Labute approximate surface area is 213 Å². The number of nitriles is 2. The van der Waals surface area contributed by atoms with Gasteiger partial charge in [0.1, 0.15) is 23.0 Å². The maximum atomic E-state index is 10.2. The fourth-order valence-electron chi connectivity index (χ4n) is 3.77. The van der Waals surface area contributed by atoms with Gasteiger partial charge >= 0.3 is 0 Å². The summed E-state index contributed by atoms with van der Waals surface area (Å²) in [4.78, 5) is 0. The first kappa shape index (κ1) is 24.8. The molecule has 0 radical (unpaired) electrons. The summed E-state index contributed by atoms with van der Waals surface area (Å²) < 4.78 is 12.2. The van der Waals surface area contributed by atoms with Crippen LogP contribution in [0.25, 0.3) is 11.1 Å². The van der Waals surface area contributed by atoms with Gasteiger partial charge in [0.25, 0.3) is 0 Å². The standard InChI is InChI=1S/C29H21ClN2O4/c1-18-10-23(36-29-9-4-20(15-32)12-27(29)30)13-24(26(18)17-34)25-11-21(16-33)5-8-28(25)35-22-6-2-19(14-31)3-7-22/h2-13,33-34H,16-17H2,1H3. The highest BCUT2D eigenvalue weighted by Gasteiger charge is 2.17. The summed E-state index contributed by atoms with van der Waals surface area (Å²) in [6.45, 7) is 1.46. The number of ether oxygens (including phenoxy) is 2. The molecule has 0 fully saturated rings. The van der Waals surface area contributed by atoms with Crippen LogP contribution in [0.3, 0.4) is 0 Å². The van der Waals surface area contributed by atoms with Gasteiger partial charge in [-0.2, -0.15) is 10.5 Å². The molecule has 36 heavy (non-hydrogen) atoms. The smallest absolute Gasteiger partial charge is 0.146 e. The van der Waals surface area contributed by atoms with Crippen LogP contribution in [0, 0.1) is 29.6 Å². The zero-order valence-electron chi connectivity index (χ0n) is 19.3. The number of aryl methyl sites for hydroxylation is 1. The van der Waals surface area contributed by atoms with Gasteiger partial charge in [-0.05, 0) is 95.9 Å². The molecule has 4 aromatic rings. The first-order chi connectivity index (χ1) is 17.4. The van der Waals surface area contributed by atoms with E-state index in [2.05, 4.69) is 6.07 Å². The third-order valence-corrected chi connectivity index (χ3v) is 5.92. The van der Waals surface area contributed by atoms with Gasteiger partial charge in [0.15, 0.2) is 0 Å². The highest BCUT2D eigenvalue weighted by molar-refractivity contribution is 6.32. The van der Waals surface area contributed by atoms with Gasteiger partial charge in [-0.15, -0.1) is 0 Å². The predicted molar refractivity (Wildman–Crippen MR) is 136 cm³/mol. The van der Waals surface area contributed by atoms with E-state index in [0.29, 0.717) is 61.4 Å². The Kier molecular flexibility index (Phi) is 7.53. The molecular formula is C29H21ClN2O4. The van der Waals surface area contributed by atoms with Gasteiger partial charge in [0.2, 0.25) is 0 Å². The van der Waals surface area contributed by atoms with Crippen LogP contribution in [0.5, 0.6) is 23.0 Å². The van der Waals surface area contributed by atoms with Gasteiger partial charge in [-0.3, -0.25) is 0 Å². The fraction of sp³-hybridized carbons (Fsp3) is 0.103. The van der Waals surface area contributed by atoms with Crippen LogP contribution in [0.2, 0.25) is 5.02 Å². The molecule has 7 heteroatoms. The molecule has 0 saturated heterocycles. The molecule has 0 amide bonds. The molecular weight excluding hydrogens is 476 g/mol. The van der Waals surface area contributed by atoms with E-state index in [1.165, 1.54) is 6.07 Å². The van der Waals surface area contributed by atoms with Crippen molar-refractivity contribution in [1.82, 2.24) is 0 Å². The van der Waals surface area contributed by atoms with Crippen molar-refractivity contribution in [1.29, 1.82) is 10.5 Å². The zero-order chi connectivity index (χ0) is 25.7. The Bertz CT molecular complexity index is 1500. The van der Waals surface area contributed by atoms with Crippen molar-refractivity contribution in [3.8, 4) is 46.3 Å². The first-order valence-corrected chi connectivity index (χ1v) is 11.4. The molecule has 4 aromatic carbocycles. The second-order valence-electron chi connectivity index (χ2n) is 8.01. The third kappa shape index (κ3) is 5.33. The van der Waals surface area contributed by atoms with Crippen LogP contribution < -0.4 is 9.47 Å². The molecule has 0 aliphatic carbocycles. The minimum Gasteiger partial charge on any atom is -0.457 e. The Morgan fingerprint density at radius 3 is 2.03 bits per heavy atom. The summed E-state index contributed by atoms with van der Waals surface area (Å²) in [6, 6.07) is 24.5. The number of halogens is 1. The summed E-state index contributed by atoms with van der Waals surface area (Å²) in [6.07, 6.45) is 0. The lowest BCUT2D eigenvalue weighted by Gasteiger charge is -2.18. The monoisotopic (exact) mass is 496 g/mol. The minimum atomic E-state index is -0.223. The van der Waals surface area contributed by atoms with Crippen LogP contribution in [-0.2, 0) is 13.2 Å². The van der Waals surface area contributed by atoms with Crippen molar-refractivity contribution in [2.75, 3.05) is 0 Å². The Balaban J connectivity index is 1.80. The number of rotatable bonds is 7. The lowest BCUT2D eigenvalue weighted by molar-refractivity contribution is 0.281. The molecule has 0 aliphatic heterocycles. The number of benzene rings is 4.